The predicted molar refractivity (Wildman–Crippen MR) is 95.0 cm³/mol. The van der Waals surface area contributed by atoms with Gasteiger partial charge in [-0.2, -0.15) is 0 Å². The highest BCUT2D eigenvalue weighted by molar-refractivity contribution is 7.21. The van der Waals surface area contributed by atoms with Crippen LogP contribution in [-0.4, -0.2) is 12.8 Å². The molecule has 5 heteroatoms. The van der Waals surface area contributed by atoms with E-state index in [0.29, 0.717) is 17.4 Å². The molecule has 0 saturated carbocycles. The van der Waals surface area contributed by atoms with Crippen molar-refractivity contribution >= 4 is 27.6 Å². The van der Waals surface area contributed by atoms with Crippen LogP contribution in [0.15, 0.2) is 48.5 Å². The van der Waals surface area contributed by atoms with E-state index < -0.39 is 6.16 Å². The summed E-state index contributed by atoms with van der Waals surface area (Å²) in [5.41, 5.74) is 2.25. The molecule has 0 radical (unpaired) electrons. The molecule has 4 nitrogen and oxygen atoms in total. The Morgan fingerprint density at radius 1 is 1.08 bits per heavy atom. The van der Waals surface area contributed by atoms with Gasteiger partial charge in [0.25, 0.3) is 0 Å². The zero-order chi connectivity index (χ0) is 16.9. The van der Waals surface area contributed by atoms with Gasteiger partial charge in [0.1, 0.15) is 6.61 Å². The van der Waals surface area contributed by atoms with Crippen LogP contribution in [-0.2, 0) is 11.3 Å². The molecule has 0 fully saturated rings. The highest BCUT2D eigenvalue weighted by atomic mass is 32.1. The van der Waals surface area contributed by atoms with Crippen molar-refractivity contribution in [2.45, 2.75) is 20.5 Å². The molecular weight excluding hydrogens is 324 g/mol. The quantitative estimate of drug-likeness (QED) is 0.588. The van der Waals surface area contributed by atoms with E-state index >= 15 is 0 Å². The van der Waals surface area contributed by atoms with Crippen LogP contribution in [0.5, 0.6) is 10.8 Å². The molecule has 0 spiro atoms. The van der Waals surface area contributed by atoms with Gasteiger partial charge in [-0.3, -0.25) is 0 Å². The SMILES string of the molecule is CCOC(=O)Oc1sc2ccccc2c1OCc1ccc(C)cc1. The Hall–Kier alpha value is -2.53. The van der Waals surface area contributed by atoms with Gasteiger partial charge in [0.05, 0.1) is 6.61 Å². The largest absolute Gasteiger partial charge is 0.514 e. The van der Waals surface area contributed by atoms with E-state index in [1.54, 1.807) is 6.92 Å². The van der Waals surface area contributed by atoms with Gasteiger partial charge in [-0.1, -0.05) is 53.3 Å². The molecule has 0 bridgehead atoms. The van der Waals surface area contributed by atoms with Crippen LogP contribution < -0.4 is 9.47 Å². The van der Waals surface area contributed by atoms with Crippen molar-refractivity contribution in [3.05, 3.63) is 59.7 Å². The van der Waals surface area contributed by atoms with Gasteiger partial charge in [0.15, 0.2) is 5.75 Å². The molecule has 3 aromatic rings. The van der Waals surface area contributed by atoms with Gasteiger partial charge in [-0.25, -0.2) is 4.79 Å². The van der Waals surface area contributed by atoms with Gasteiger partial charge >= 0.3 is 6.16 Å². The Labute approximate surface area is 144 Å². The number of thiophene rings is 1. The van der Waals surface area contributed by atoms with E-state index in [4.69, 9.17) is 14.2 Å². The average Bonchev–Trinajstić information content (AvgIpc) is 2.92. The fraction of sp³-hybridized carbons (Fsp3) is 0.211. The second-order valence-corrected chi connectivity index (χ2v) is 6.29. The van der Waals surface area contributed by atoms with E-state index in [1.807, 2.05) is 55.5 Å². The van der Waals surface area contributed by atoms with Crippen molar-refractivity contribution in [1.82, 2.24) is 0 Å². The first-order valence-electron chi connectivity index (χ1n) is 7.72. The summed E-state index contributed by atoms with van der Waals surface area (Å²) in [7, 11) is 0. The third-order valence-electron chi connectivity index (χ3n) is 3.46. The summed E-state index contributed by atoms with van der Waals surface area (Å²) in [6.07, 6.45) is -0.718. The summed E-state index contributed by atoms with van der Waals surface area (Å²) in [6, 6.07) is 15.9. The molecule has 0 saturated heterocycles. The average molecular weight is 342 g/mol. The number of rotatable bonds is 5. The lowest BCUT2D eigenvalue weighted by Gasteiger charge is -2.08. The Bertz CT molecular complexity index is 836. The fourth-order valence-corrected chi connectivity index (χ4v) is 3.25. The monoisotopic (exact) mass is 342 g/mol. The summed E-state index contributed by atoms with van der Waals surface area (Å²) in [4.78, 5) is 11.7. The van der Waals surface area contributed by atoms with Gasteiger partial charge in [0.2, 0.25) is 5.06 Å². The Morgan fingerprint density at radius 2 is 1.83 bits per heavy atom. The summed E-state index contributed by atoms with van der Waals surface area (Å²) >= 11 is 1.37. The van der Waals surface area contributed by atoms with Crippen molar-refractivity contribution < 1.29 is 19.0 Å². The molecule has 3 rings (SSSR count). The third-order valence-corrected chi connectivity index (χ3v) is 4.49. The Balaban J connectivity index is 1.86. The highest BCUT2D eigenvalue weighted by Gasteiger charge is 2.18. The van der Waals surface area contributed by atoms with Gasteiger partial charge in [-0.15, -0.1) is 0 Å². The molecule has 0 aliphatic heterocycles. The lowest BCUT2D eigenvalue weighted by atomic mass is 10.2. The normalized spacial score (nSPS) is 10.6. The number of carbonyl (C=O) groups excluding carboxylic acids is 1. The number of carbonyl (C=O) groups is 1. The van der Waals surface area contributed by atoms with E-state index in [9.17, 15) is 4.79 Å². The maximum atomic E-state index is 11.7. The number of hydrogen-bond acceptors (Lipinski definition) is 5. The van der Waals surface area contributed by atoms with E-state index in [1.165, 1.54) is 16.9 Å². The third kappa shape index (κ3) is 3.68. The van der Waals surface area contributed by atoms with Gasteiger partial charge < -0.3 is 14.2 Å². The molecule has 0 atom stereocenters. The first kappa shape index (κ1) is 16.3. The Kier molecular flexibility index (Phi) is 5.01. The minimum Gasteiger partial charge on any atom is -0.483 e. The second-order valence-electron chi connectivity index (χ2n) is 5.27. The molecule has 0 aliphatic carbocycles. The van der Waals surface area contributed by atoms with Gasteiger partial charge in [-0.05, 0) is 31.5 Å². The summed E-state index contributed by atoms with van der Waals surface area (Å²) < 4.78 is 17.1. The number of aryl methyl sites for hydroxylation is 1. The van der Waals surface area contributed by atoms with E-state index in [-0.39, 0.29) is 6.61 Å². The van der Waals surface area contributed by atoms with Crippen molar-refractivity contribution in [3.8, 4) is 10.8 Å². The lowest BCUT2D eigenvalue weighted by molar-refractivity contribution is 0.104. The van der Waals surface area contributed by atoms with E-state index in [2.05, 4.69) is 0 Å². The van der Waals surface area contributed by atoms with Crippen molar-refractivity contribution in [3.63, 3.8) is 0 Å². The molecule has 1 heterocycles. The molecule has 0 amide bonds. The second kappa shape index (κ2) is 7.36. The molecule has 0 unspecified atom stereocenters. The first-order chi connectivity index (χ1) is 11.7. The van der Waals surface area contributed by atoms with Crippen LogP contribution in [0.25, 0.3) is 10.1 Å². The maximum absolute atomic E-state index is 11.7. The molecule has 0 aliphatic rings. The van der Waals surface area contributed by atoms with Crippen LogP contribution in [0.3, 0.4) is 0 Å². The van der Waals surface area contributed by atoms with Crippen molar-refractivity contribution in [2.24, 2.45) is 0 Å². The number of benzene rings is 2. The molecular formula is C19H18O4S. The summed E-state index contributed by atoms with van der Waals surface area (Å²) in [5, 5.41) is 1.34. The minimum atomic E-state index is -0.718. The lowest BCUT2D eigenvalue weighted by Crippen LogP contribution is -2.10. The number of fused-ring (bicyclic) bond motifs is 1. The first-order valence-corrected chi connectivity index (χ1v) is 8.53. The van der Waals surface area contributed by atoms with Crippen LogP contribution in [0.2, 0.25) is 0 Å². The molecule has 124 valence electrons. The smallest absolute Gasteiger partial charge is 0.483 e. The van der Waals surface area contributed by atoms with Gasteiger partial charge in [0, 0.05) is 10.1 Å². The zero-order valence-corrected chi connectivity index (χ0v) is 14.4. The van der Waals surface area contributed by atoms with Crippen LogP contribution in [0.4, 0.5) is 4.79 Å². The van der Waals surface area contributed by atoms with Crippen LogP contribution >= 0.6 is 11.3 Å². The highest BCUT2D eigenvalue weighted by Crippen LogP contribution is 2.44. The standard InChI is InChI=1S/C19H18O4S/c1-3-21-19(20)23-18-17(15-6-4-5-7-16(15)24-18)22-12-14-10-8-13(2)9-11-14/h4-11H,3,12H2,1-2H3. The number of ether oxygens (including phenoxy) is 3. The van der Waals surface area contributed by atoms with Crippen LogP contribution in [0.1, 0.15) is 18.1 Å². The molecule has 1 aromatic heterocycles. The van der Waals surface area contributed by atoms with E-state index in [0.717, 1.165) is 15.6 Å². The molecule has 0 N–H and O–H groups in total. The molecule has 24 heavy (non-hydrogen) atoms. The fourth-order valence-electron chi connectivity index (χ4n) is 2.27. The van der Waals surface area contributed by atoms with Crippen LogP contribution in [0, 0.1) is 6.92 Å². The Morgan fingerprint density at radius 3 is 2.58 bits per heavy atom. The summed E-state index contributed by atoms with van der Waals surface area (Å²) in [6.45, 7) is 4.45. The predicted octanol–water partition coefficient (Wildman–Crippen LogP) is 5.32. The molecule has 2 aromatic carbocycles. The zero-order valence-electron chi connectivity index (χ0n) is 13.6. The van der Waals surface area contributed by atoms with Crippen molar-refractivity contribution in [2.75, 3.05) is 6.61 Å². The minimum absolute atomic E-state index is 0.267. The summed E-state index contributed by atoms with van der Waals surface area (Å²) in [5.74, 6) is 0.573. The topological polar surface area (TPSA) is 44.8 Å². The number of hydrogen-bond donors (Lipinski definition) is 0. The maximum Gasteiger partial charge on any atom is 0.514 e. The van der Waals surface area contributed by atoms with Crippen molar-refractivity contribution in [1.29, 1.82) is 0 Å².